The zero-order valence-corrected chi connectivity index (χ0v) is 17.2. The van der Waals surface area contributed by atoms with Crippen molar-refractivity contribution in [3.05, 3.63) is 64.0 Å². The molecule has 0 aromatic heterocycles. The zero-order chi connectivity index (χ0) is 20.8. The van der Waals surface area contributed by atoms with Gasteiger partial charge in [0.25, 0.3) is 5.91 Å². The van der Waals surface area contributed by atoms with E-state index in [0.29, 0.717) is 16.6 Å². The lowest BCUT2D eigenvalue weighted by Crippen LogP contribution is -2.29. The Morgan fingerprint density at radius 3 is 2.52 bits per heavy atom. The Bertz CT molecular complexity index is 1050. The molecule has 2 heterocycles. The number of amides is 1. The van der Waals surface area contributed by atoms with Gasteiger partial charge >= 0.3 is 6.18 Å². The highest BCUT2D eigenvalue weighted by molar-refractivity contribution is 8.19. The summed E-state index contributed by atoms with van der Waals surface area (Å²) in [6.07, 6.45) is -4.44. The summed E-state index contributed by atoms with van der Waals surface area (Å²) in [4.78, 5) is 22.4. The molecular weight excluding hydrogens is 419 g/mol. The van der Waals surface area contributed by atoms with Crippen molar-refractivity contribution in [1.29, 1.82) is 0 Å². The number of hydrogen-bond donors (Lipinski definition) is 0. The molecule has 2 aliphatic heterocycles. The summed E-state index contributed by atoms with van der Waals surface area (Å²) in [5.74, 6) is -0.189. The van der Waals surface area contributed by atoms with E-state index in [0.717, 1.165) is 27.7 Å². The van der Waals surface area contributed by atoms with Gasteiger partial charge in [-0.05, 0) is 49.0 Å². The van der Waals surface area contributed by atoms with Crippen molar-refractivity contribution in [2.75, 3.05) is 18.5 Å². The van der Waals surface area contributed by atoms with Crippen LogP contribution in [0.1, 0.15) is 12.5 Å². The molecule has 4 nitrogen and oxygen atoms in total. The molecular formula is C20H16F3N3OS2. The summed E-state index contributed by atoms with van der Waals surface area (Å²) in [5, 5.41) is 1.18. The van der Waals surface area contributed by atoms with Gasteiger partial charge in [-0.2, -0.15) is 13.2 Å². The number of likely N-dealkylation sites (N-methyl/N-ethyl adjacent to an activating group) is 1. The Morgan fingerprint density at radius 2 is 1.83 bits per heavy atom. The molecule has 0 N–H and O–H groups in total. The van der Waals surface area contributed by atoms with Crippen LogP contribution in [-0.2, 0) is 11.0 Å². The first-order valence-corrected chi connectivity index (χ1v) is 10.4. The van der Waals surface area contributed by atoms with Crippen molar-refractivity contribution >= 4 is 46.0 Å². The Kier molecular flexibility index (Phi) is 5.12. The first-order chi connectivity index (χ1) is 13.8. The quantitative estimate of drug-likeness (QED) is 0.567. The summed E-state index contributed by atoms with van der Waals surface area (Å²) in [7, 11) is 1.90. The SMILES string of the molecule is CCN1C(=O)/C(=C2/Sc3ccccc3N2C)SC1=Nc1cccc(C(F)(F)F)c1. The van der Waals surface area contributed by atoms with Gasteiger partial charge in [0.1, 0.15) is 4.91 Å². The molecule has 1 amide bonds. The molecule has 2 aliphatic rings. The molecule has 150 valence electrons. The van der Waals surface area contributed by atoms with Gasteiger partial charge in [-0.1, -0.05) is 30.0 Å². The molecule has 1 fully saturated rings. The van der Waals surface area contributed by atoms with Gasteiger partial charge in [0.15, 0.2) is 5.17 Å². The average molecular weight is 435 g/mol. The molecule has 0 radical (unpaired) electrons. The van der Waals surface area contributed by atoms with E-state index in [4.69, 9.17) is 0 Å². The fourth-order valence-corrected chi connectivity index (χ4v) is 5.47. The third kappa shape index (κ3) is 3.64. The van der Waals surface area contributed by atoms with Crippen molar-refractivity contribution in [3.8, 4) is 0 Å². The van der Waals surface area contributed by atoms with Crippen LogP contribution < -0.4 is 4.90 Å². The predicted octanol–water partition coefficient (Wildman–Crippen LogP) is 5.70. The van der Waals surface area contributed by atoms with E-state index in [1.165, 1.54) is 40.6 Å². The summed E-state index contributed by atoms with van der Waals surface area (Å²) < 4.78 is 39.0. The maximum Gasteiger partial charge on any atom is 0.416 e. The molecule has 0 aliphatic carbocycles. The van der Waals surface area contributed by atoms with Gasteiger partial charge in [0, 0.05) is 18.5 Å². The Morgan fingerprint density at radius 1 is 1.07 bits per heavy atom. The van der Waals surface area contributed by atoms with Crippen molar-refractivity contribution < 1.29 is 18.0 Å². The van der Waals surface area contributed by atoms with Gasteiger partial charge < -0.3 is 4.90 Å². The van der Waals surface area contributed by atoms with E-state index in [-0.39, 0.29) is 11.6 Å². The third-order valence-corrected chi connectivity index (χ3v) is 6.94. The second kappa shape index (κ2) is 7.46. The highest BCUT2D eigenvalue weighted by Gasteiger charge is 2.38. The fraction of sp³-hybridized carbons (Fsp3) is 0.200. The Labute approximate surface area is 174 Å². The highest BCUT2D eigenvalue weighted by atomic mass is 32.2. The van der Waals surface area contributed by atoms with Crippen molar-refractivity contribution in [2.45, 2.75) is 18.0 Å². The number of nitrogens with zero attached hydrogens (tertiary/aromatic N) is 3. The molecule has 1 saturated heterocycles. The number of rotatable bonds is 2. The minimum absolute atomic E-state index is 0.163. The van der Waals surface area contributed by atoms with E-state index in [9.17, 15) is 18.0 Å². The lowest BCUT2D eigenvalue weighted by atomic mass is 10.2. The first-order valence-electron chi connectivity index (χ1n) is 8.80. The fourth-order valence-electron chi connectivity index (χ4n) is 3.06. The molecule has 0 bridgehead atoms. The van der Waals surface area contributed by atoms with Gasteiger partial charge in [-0.15, -0.1) is 0 Å². The number of hydrogen-bond acceptors (Lipinski definition) is 5. The van der Waals surface area contributed by atoms with E-state index >= 15 is 0 Å². The van der Waals surface area contributed by atoms with Gasteiger partial charge in [-0.3, -0.25) is 9.69 Å². The third-order valence-electron chi connectivity index (χ3n) is 4.51. The topological polar surface area (TPSA) is 35.9 Å². The van der Waals surface area contributed by atoms with Crippen LogP contribution in [0.15, 0.2) is 68.4 Å². The largest absolute Gasteiger partial charge is 0.416 e. The van der Waals surface area contributed by atoms with Gasteiger partial charge in [-0.25, -0.2) is 4.99 Å². The number of para-hydroxylation sites is 1. The number of benzene rings is 2. The number of fused-ring (bicyclic) bond motifs is 1. The second-order valence-electron chi connectivity index (χ2n) is 6.36. The van der Waals surface area contributed by atoms with Crippen LogP contribution >= 0.6 is 23.5 Å². The molecule has 2 aromatic carbocycles. The summed E-state index contributed by atoms with van der Waals surface area (Å²) in [5.41, 5.74) is 0.409. The van der Waals surface area contributed by atoms with Crippen LogP contribution in [0.3, 0.4) is 0 Å². The molecule has 4 rings (SSSR count). The molecule has 0 saturated carbocycles. The lowest BCUT2D eigenvalue weighted by Gasteiger charge is -2.15. The molecule has 0 spiro atoms. The van der Waals surface area contributed by atoms with E-state index in [1.54, 1.807) is 0 Å². The number of anilines is 1. The minimum Gasteiger partial charge on any atom is -0.337 e. The Balaban J connectivity index is 1.71. The average Bonchev–Trinajstić information content (AvgIpc) is 3.18. The molecule has 9 heteroatoms. The van der Waals surface area contributed by atoms with E-state index in [1.807, 2.05) is 43.1 Å². The number of aliphatic imine (C=N–C) groups is 1. The highest BCUT2D eigenvalue weighted by Crippen LogP contribution is 2.50. The van der Waals surface area contributed by atoms with Crippen molar-refractivity contribution in [2.24, 2.45) is 4.99 Å². The van der Waals surface area contributed by atoms with Crippen LogP contribution in [0.5, 0.6) is 0 Å². The predicted molar refractivity (Wildman–Crippen MR) is 111 cm³/mol. The van der Waals surface area contributed by atoms with Crippen LogP contribution in [0.25, 0.3) is 0 Å². The van der Waals surface area contributed by atoms with Crippen LogP contribution in [0, 0.1) is 0 Å². The standard InChI is InChI=1S/C20H16F3N3OS2/c1-3-26-17(27)16(18-25(2)14-9-4-5-10-15(14)28-18)29-19(26)24-13-8-6-7-12(11-13)20(21,22)23/h4-11H,3H2,1-2H3/b18-16-,24-19?. The van der Waals surface area contributed by atoms with Crippen LogP contribution in [0.2, 0.25) is 0 Å². The van der Waals surface area contributed by atoms with Gasteiger partial charge in [0.2, 0.25) is 0 Å². The lowest BCUT2D eigenvalue weighted by molar-refractivity contribution is -0.137. The summed E-state index contributed by atoms with van der Waals surface area (Å²) in [6, 6.07) is 12.7. The number of thioether (sulfide) groups is 2. The number of amidine groups is 1. The van der Waals surface area contributed by atoms with E-state index in [2.05, 4.69) is 4.99 Å². The molecule has 2 aromatic rings. The normalized spacial score (nSPS) is 20.7. The zero-order valence-electron chi connectivity index (χ0n) is 15.5. The maximum atomic E-state index is 13.0. The number of carbonyl (C=O) groups excluding carboxylic acids is 1. The summed E-state index contributed by atoms with van der Waals surface area (Å²) in [6.45, 7) is 2.19. The van der Waals surface area contributed by atoms with Crippen LogP contribution in [0.4, 0.5) is 24.5 Å². The van der Waals surface area contributed by atoms with Crippen molar-refractivity contribution in [3.63, 3.8) is 0 Å². The number of alkyl halides is 3. The monoisotopic (exact) mass is 435 g/mol. The number of halogens is 3. The molecule has 29 heavy (non-hydrogen) atoms. The Hall–Kier alpha value is -2.39. The first kappa shape index (κ1) is 19.9. The van der Waals surface area contributed by atoms with E-state index < -0.39 is 11.7 Å². The second-order valence-corrected chi connectivity index (χ2v) is 8.37. The molecule has 0 atom stereocenters. The number of carbonyl (C=O) groups is 1. The maximum absolute atomic E-state index is 13.0. The minimum atomic E-state index is -4.44. The summed E-state index contributed by atoms with van der Waals surface area (Å²) >= 11 is 2.70. The van der Waals surface area contributed by atoms with Crippen molar-refractivity contribution in [1.82, 2.24) is 4.90 Å². The smallest absolute Gasteiger partial charge is 0.337 e. The van der Waals surface area contributed by atoms with Crippen LogP contribution in [-0.4, -0.2) is 29.6 Å². The molecule has 0 unspecified atom stereocenters. The van der Waals surface area contributed by atoms with Gasteiger partial charge in [0.05, 0.1) is 22.0 Å².